The minimum Gasteiger partial charge on any atom is -0.478 e. The maximum absolute atomic E-state index is 10.7. The monoisotopic (exact) mass is 219 g/mol. The first-order valence-electron chi connectivity index (χ1n) is 5.19. The van der Waals surface area contributed by atoms with Crippen LogP contribution < -0.4 is 0 Å². The van der Waals surface area contributed by atoms with Crippen molar-refractivity contribution >= 4 is 5.97 Å². The van der Waals surface area contributed by atoms with E-state index in [1.165, 1.54) is 0 Å². The van der Waals surface area contributed by atoms with Crippen LogP contribution in [0.4, 0.5) is 0 Å². The Labute approximate surface area is 96.0 Å². The zero-order chi connectivity index (χ0) is 12.1. The third-order valence-corrected chi connectivity index (χ3v) is 2.67. The molecule has 16 heavy (non-hydrogen) atoms. The van der Waals surface area contributed by atoms with E-state index in [1.807, 2.05) is 25.3 Å². The van der Waals surface area contributed by atoms with Gasteiger partial charge in [0.15, 0.2) is 0 Å². The summed E-state index contributed by atoms with van der Waals surface area (Å²) < 4.78 is 0. The van der Waals surface area contributed by atoms with Crippen LogP contribution in [-0.2, 0) is 6.54 Å². The van der Waals surface area contributed by atoms with E-state index in [0.29, 0.717) is 11.6 Å². The molecule has 3 nitrogen and oxygen atoms in total. The van der Waals surface area contributed by atoms with Gasteiger partial charge in [0.2, 0.25) is 0 Å². The summed E-state index contributed by atoms with van der Waals surface area (Å²) in [5, 5.41) is 8.76. The Hall–Kier alpha value is -1.61. The average molecular weight is 219 g/mol. The molecule has 0 fully saturated rings. The van der Waals surface area contributed by atoms with Crippen molar-refractivity contribution in [2.24, 2.45) is 0 Å². The number of nitrogens with zero attached hydrogens (tertiary/aromatic N) is 1. The lowest BCUT2D eigenvalue weighted by Crippen LogP contribution is -2.26. The van der Waals surface area contributed by atoms with Gasteiger partial charge in [-0.25, -0.2) is 4.79 Å². The molecule has 0 aromatic heterocycles. The number of aromatic carboxylic acids is 1. The molecular formula is C13H17NO2. The van der Waals surface area contributed by atoms with Gasteiger partial charge in [-0.05, 0) is 31.7 Å². The third kappa shape index (κ3) is 3.21. The second kappa shape index (κ2) is 5.47. The standard InChI is InChI=1S/C13H17NO2/c1-4-10(2)14(3)9-11-5-7-12(8-6-11)13(15)16/h4-8,10H,1,9H2,2-3H3,(H,15,16). The first-order valence-corrected chi connectivity index (χ1v) is 5.19. The molecule has 0 saturated heterocycles. The fourth-order valence-corrected chi connectivity index (χ4v) is 1.36. The zero-order valence-corrected chi connectivity index (χ0v) is 9.68. The number of carbonyl (C=O) groups is 1. The van der Waals surface area contributed by atoms with Gasteiger partial charge in [0, 0.05) is 12.6 Å². The van der Waals surface area contributed by atoms with E-state index >= 15 is 0 Å². The second-order valence-corrected chi connectivity index (χ2v) is 3.89. The SMILES string of the molecule is C=CC(C)N(C)Cc1ccc(C(=O)O)cc1. The van der Waals surface area contributed by atoms with E-state index in [2.05, 4.69) is 18.4 Å². The number of carboxylic acid groups (broad SMARTS) is 1. The summed E-state index contributed by atoms with van der Waals surface area (Å²) in [5.41, 5.74) is 1.42. The molecule has 0 aliphatic carbocycles. The summed E-state index contributed by atoms with van der Waals surface area (Å²) >= 11 is 0. The molecule has 1 N–H and O–H groups in total. The van der Waals surface area contributed by atoms with Gasteiger partial charge in [0.25, 0.3) is 0 Å². The van der Waals surface area contributed by atoms with Crippen molar-refractivity contribution in [3.63, 3.8) is 0 Å². The molecule has 0 aliphatic rings. The van der Waals surface area contributed by atoms with Crippen molar-refractivity contribution in [1.82, 2.24) is 4.90 Å². The normalized spacial score (nSPS) is 12.4. The lowest BCUT2D eigenvalue weighted by molar-refractivity contribution is 0.0697. The maximum atomic E-state index is 10.7. The molecule has 1 unspecified atom stereocenters. The molecule has 1 aromatic rings. The number of carboxylic acids is 1. The minimum atomic E-state index is -0.889. The van der Waals surface area contributed by atoms with Gasteiger partial charge in [-0.2, -0.15) is 0 Å². The van der Waals surface area contributed by atoms with E-state index in [0.717, 1.165) is 12.1 Å². The van der Waals surface area contributed by atoms with Gasteiger partial charge < -0.3 is 5.11 Å². The summed E-state index contributed by atoms with van der Waals surface area (Å²) in [6.45, 7) is 6.59. The number of benzene rings is 1. The van der Waals surface area contributed by atoms with Gasteiger partial charge in [-0.3, -0.25) is 4.90 Å². The van der Waals surface area contributed by atoms with Crippen LogP contribution in [0, 0.1) is 0 Å². The third-order valence-electron chi connectivity index (χ3n) is 2.67. The lowest BCUT2D eigenvalue weighted by Gasteiger charge is -2.21. The predicted molar refractivity (Wildman–Crippen MR) is 64.5 cm³/mol. The molecule has 0 saturated carbocycles. The molecule has 1 aromatic carbocycles. The summed E-state index contributed by atoms with van der Waals surface area (Å²) in [5.74, 6) is -0.889. The molecule has 0 radical (unpaired) electrons. The van der Waals surface area contributed by atoms with Crippen LogP contribution in [0.25, 0.3) is 0 Å². The molecule has 0 heterocycles. The molecule has 0 bridgehead atoms. The molecule has 1 atom stereocenters. The quantitative estimate of drug-likeness (QED) is 0.773. The first-order chi connectivity index (χ1) is 7.54. The van der Waals surface area contributed by atoms with Crippen molar-refractivity contribution in [2.75, 3.05) is 7.05 Å². The van der Waals surface area contributed by atoms with Crippen molar-refractivity contribution in [3.8, 4) is 0 Å². The summed E-state index contributed by atoms with van der Waals surface area (Å²) in [6.07, 6.45) is 1.88. The summed E-state index contributed by atoms with van der Waals surface area (Å²) in [6, 6.07) is 7.25. The van der Waals surface area contributed by atoms with E-state index < -0.39 is 5.97 Å². The second-order valence-electron chi connectivity index (χ2n) is 3.89. The molecular weight excluding hydrogens is 202 g/mol. The van der Waals surface area contributed by atoms with E-state index in [9.17, 15) is 4.79 Å². The first kappa shape index (κ1) is 12.5. The van der Waals surface area contributed by atoms with Crippen molar-refractivity contribution < 1.29 is 9.90 Å². The lowest BCUT2D eigenvalue weighted by atomic mass is 10.1. The fraction of sp³-hybridized carbons (Fsp3) is 0.308. The Balaban J connectivity index is 2.68. The van der Waals surface area contributed by atoms with Crippen LogP contribution in [0.1, 0.15) is 22.8 Å². The number of rotatable bonds is 5. The van der Waals surface area contributed by atoms with Gasteiger partial charge in [-0.1, -0.05) is 18.2 Å². The maximum Gasteiger partial charge on any atom is 0.335 e. The summed E-state index contributed by atoms with van der Waals surface area (Å²) in [4.78, 5) is 12.8. The van der Waals surface area contributed by atoms with E-state index in [-0.39, 0.29) is 0 Å². The largest absolute Gasteiger partial charge is 0.478 e. The number of hydrogen-bond acceptors (Lipinski definition) is 2. The Bertz CT molecular complexity index is 370. The average Bonchev–Trinajstić information content (AvgIpc) is 2.28. The molecule has 0 aliphatic heterocycles. The predicted octanol–water partition coefficient (Wildman–Crippen LogP) is 2.39. The highest BCUT2D eigenvalue weighted by molar-refractivity contribution is 5.87. The van der Waals surface area contributed by atoms with E-state index in [1.54, 1.807) is 12.1 Å². The van der Waals surface area contributed by atoms with E-state index in [4.69, 9.17) is 5.11 Å². The van der Waals surface area contributed by atoms with Crippen LogP contribution >= 0.6 is 0 Å². The number of likely N-dealkylation sites (N-methyl/N-ethyl adjacent to an activating group) is 1. The van der Waals surface area contributed by atoms with Crippen molar-refractivity contribution in [2.45, 2.75) is 19.5 Å². The minimum absolute atomic E-state index is 0.305. The van der Waals surface area contributed by atoms with Crippen LogP contribution in [-0.4, -0.2) is 29.1 Å². The highest BCUT2D eigenvalue weighted by atomic mass is 16.4. The Morgan fingerprint density at radius 1 is 1.50 bits per heavy atom. The van der Waals surface area contributed by atoms with Gasteiger partial charge in [0.1, 0.15) is 0 Å². The Morgan fingerprint density at radius 2 is 2.06 bits per heavy atom. The smallest absolute Gasteiger partial charge is 0.335 e. The number of hydrogen-bond donors (Lipinski definition) is 1. The molecule has 1 rings (SSSR count). The van der Waals surface area contributed by atoms with Crippen molar-refractivity contribution in [1.29, 1.82) is 0 Å². The Kier molecular flexibility index (Phi) is 4.26. The van der Waals surface area contributed by atoms with Crippen LogP contribution in [0.2, 0.25) is 0 Å². The highest BCUT2D eigenvalue weighted by Gasteiger charge is 2.06. The van der Waals surface area contributed by atoms with Gasteiger partial charge >= 0.3 is 5.97 Å². The van der Waals surface area contributed by atoms with Gasteiger partial charge in [-0.15, -0.1) is 6.58 Å². The topological polar surface area (TPSA) is 40.5 Å². The fourth-order valence-electron chi connectivity index (χ4n) is 1.36. The van der Waals surface area contributed by atoms with Crippen LogP contribution in [0.5, 0.6) is 0 Å². The molecule has 3 heteroatoms. The highest BCUT2D eigenvalue weighted by Crippen LogP contribution is 2.09. The van der Waals surface area contributed by atoms with Crippen LogP contribution in [0.3, 0.4) is 0 Å². The van der Waals surface area contributed by atoms with Gasteiger partial charge in [0.05, 0.1) is 5.56 Å². The summed E-state index contributed by atoms with van der Waals surface area (Å²) in [7, 11) is 2.01. The molecule has 86 valence electrons. The van der Waals surface area contributed by atoms with Crippen LogP contribution in [0.15, 0.2) is 36.9 Å². The molecule has 0 spiro atoms. The zero-order valence-electron chi connectivity index (χ0n) is 9.68. The Morgan fingerprint density at radius 3 is 2.50 bits per heavy atom. The molecule has 0 amide bonds. The van der Waals surface area contributed by atoms with Crippen molar-refractivity contribution in [3.05, 3.63) is 48.0 Å².